The Kier molecular flexibility index (Phi) is 6.30. The molecule has 0 bridgehead atoms. The first-order valence-corrected chi connectivity index (χ1v) is 7.72. The Labute approximate surface area is 124 Å². The highest BCUT2D eigenvalue weighted by Crippen LogP contribution is 2.22. The molecule has 1 rings (SSSR count). The van der Waals surface area contributed by atoms with Crippen LogP contribution in [-0.2, 0) is 11.2 Å². The van der Waals surface area contributed by atoms with Crippen molar-refractivity contribution in [3.05, 3.63) is 21.3 Å². The van der Waals surface area contributed by atoms with E-state index >= 15 is 0 Å². The van der Waals surface area contributed by atoms with E-state index in [-0.39, 0.29) is 17.4 Å². The van der Waals surface area contributed by atoms with Crippen molar-refractivity contribution < 1.29 is 9.90 Å². The number of thiophene rings is 1. The van der Waals surface area contributed by atoms with E-state index in [0.29, 0.717) is 19.4 Å². The summed E-state index contributed by atoms with van der Waals surface area (Å²) in [6, 6.07) is 1.90. The molecule has 0 saturated heterocycles. The maximum Gasteiger partial charge on any atom is 0.220 e. The highest BCUT2D eigenvalue weighted by Gasteiger charge is 2.20. The number of amides is 1. The molecule has 1 aromatic heterocycles. The SMILES string of the molecule is CC(O)CC(C)(C)CNC(=O)CCc1cc(Cl)cs1. The van der Waals surface area contributed by atoms with E-state index in [4.69, 9.17) is 11.6 Å². The fraction of sp³-hybridized carbons (Fsp3) is 0.643. The zero-order chi connectivity index (χ0) is 14.5. The number of rotatable bonds is 7. The number of carbonyl (C=O) groups excluding carboxylic acids is 1. The van der Waals surface area contributed by atoms with Crippen LogP contribution in [0.2, 0.25) is 5.02 Å². The summed E-state index contributed by atoms with van der Waals surface area (Å²) in [5.74, 6) is 0.0446. The first-order valence-electron chi connectivity index (χ1n) is 6.46. The topological polar surface area (TPSA) is 49.3 Å². The Bertz CT molecular complexity index is 415. The predicted octanol–water partition coefficient (Wildman–Crippen LogP) is 3.25. The summed E-state index contributed by atoms with van der Waals surface area (Å²) < 4.78 is 0. The van der Waals surface area contributed by atoms with Crippen LogP contribution >= 0.6 is 22.9 Å². The molecule has 1 amide bonds. The lowest BCUT2D eigenvalue weighted by molar-refractivity contribution is -0.121. The second-order valence-electron chi connectivity index (χ2n) is 5.73. The summed E-state index contributed by atoms with van der Waals surface area (Å²) in [5.41, 5.74) is -0.0872. The van der Waals surface area contributed by atoms with Gasteiger partial charge in [0.15, 0.2) is 0 Å². The molecule has 0 aliphatic heterocycles. The molecule has 0 aromatic carbocycles. The Hall–Kier alpha value is -0.580. The predicted molar refractivity (Wildman–Crippen MR) is 80.7 cm³/mol. The van der Waals surface area contributed by atoms with Gasteiger partial charge in [0.2, 0.25) is 5.91 Å². The summed E-state index contributed by atoms with van der Waals surface area (Å²) in [6.45, 7) is 6.43. The van der Waals surface area contributed by atoms with Gasteiger partial charge in [0.1, 0.15) is 0 Å². The van der Waals surface area contributed by atoms with Gasteiger partial charge >= 0.3 is 0 Å². The summed E-state index contributed by atoms with van der Waals surface area (Å²) in [7, 11) is 0. The maximum atomic E-state index is 11.8. The summed E-state index contributed by atoms with van der Waals surface area (Å²) in [6.07, 6.45) is 1.52. The molecule has 108 valence electrons. The number of aliphatic hydroxyl groups excluding tert-OH is 1. The highest BCUT2D eigenvalue weighted by molar-refractivity contribution is 7.10. The van der Waals surface area contributed by atoms with Gasteiger partial charge in [-0.05, 0) is 31.2 Å². The lowest BCUT2D eigenvalue weighted by Crippen LogP contribution is -2.35. The average molecular weight is 304 g/mol. The third-order valence-electron chi connectivity index (χ3n) is 2.83. The smallest absolute Gasteiger partial charge is 0.220 e. The van der Waals surface area contributed by atoms with E-state index in [1.165, 1.54) is 0 Å². The Morgan fingerprint density at radius 2 is 2.26 bits per heavy atom. The molecule has 0 aliphatic rings. The van der Waals surface area contributed by atoms with Crippen LogP contribution in [-0.4, -0.2) is 23.7 Å². The fourth-order valence-electron chi connectivity index (χ4n) is 2.02. The van der Waals surface area contributed by atoms with Crippen molar-refractivity contribution in [2.45, 2.75) is 46.1 Å². The number of hydrogen-bond acceptors (Lipinski definition) is 3. The largest absolute Gasteiger partial charge is 0.393 e. The number of carbonyl (C=O) groups is 1. The van der Waals surface area contributed by atoms with Crippen LogP contribution in [0.5, 0.6) is 0 Å². The van der Waals surface area contributed by atoms with Crippen LogP contribution in [0.1, 0.15) is 38.5 Å². The molecule has 0 fully saturated rings. The van der Waals surface area contributed by atoms with Crippen LogP contribution in [0, 0.1) is 5.41 Å². The van der Waals surface area contributed by atoms with Crippen molar-refractivity contribution in [3.63, 3.8) is 0 Å². The van der Waals surface area contributed by atoms with E-state index < -0.39 is 0 Å². The Morgan fingerprint density at radius 1 is 1.58 bits per heavy atom. The van der Waals surface area contributed by atoms with Gasteiger partial charge in [-0.1, -0.05) is 25.4 Å². The van der Waals surface area contributed by atoms with Crippen LogP contribution in [0.15, 0.2) is 11.4 Å². The van der Waals surface area contributed by atoms with E-state index in [9.17, 15) is 9.90 Å². The van der Waals surface area contributed by atoms with Crippen molar-refractivity contribution in [3.8, 4) is 0 Å². The minimum atomic E-state index is -0.347. The Morgan fingerprint density at radius 3 is 2.79 bits per heavy atom. The summed E-state index contributed by atoms with van der Waals surface area (Å²) in [5, 5.41) is 14.9. The van der Waals surface area contributed by atoms with E-state index in [0.717, 1.165) is 16.3 Å². The molecule has 1 atom stereocenters. The third-order valence-corrected chi connectivity index (χ3v) is 4.18. The minimum absolute atomic E-state index is 0.0446. The standard InChI is InChI=1S/C14H22ClNO2S/c1-10(17)7-14(2,3)9-16-13(18)5-4-12-6-11(15)8-19-12/h6,8,10,17H,4-5,7,9H2,1-3H3,(H,16,18). The molecule has 1 unspecified atom stereocenters. The number of aliphatic hydroxyl groups is 1. The monoisotopic (exact) mass is 303 g/mol. The molecule has 2 N–H and O–H groups in total. The normalized spacial score (nSPS) is 13.3. The molecule has 3 nitrogen and oxygen atoms in total. The van der Waals surface area contributed by atoms with Gasteiger partial charge in [0.05, 0.1) is 11.1 Å². The molecular weight excluding hydrogens is 282 g/mol. The maximum absolute atomic E-state index is 11.8. The highest BCUT2D eigenvalue weighted by atomic mass is 35.5. The van der Waals surface area contributed by atoms with E-state index in [1.807, 2.05) is 25.3 Å². The molecule has 5 heteroatoms. The van der Waals surface area contributed by atoms with Crippen molar-refractivity contribution in [2.24, 2.45) is 5.41 Å². The molecule has 0 aliphatic carbocycles. The van der Waals surface area contributed by atoms with Crippen LogP contribution < -0.4 is 5.32 Å². The summed E-state index contributed by atoms with van der Waals surface area (Å²) >= 11 is 7.41. The quantitative estimate of drug-likeness (QED) is 0.812. The number of hydrogen-bond donors (Lipinski definition) is 2. The van der Waals surface area contributed by atoms with Gasteiger partial charge in [0.25, 0.3) is 0 Å². The van der Waals surface area contributed by atoms with E-state index in [2.05, 4.69) is 5.32 Å². The van der Waals surface area contributed by atoms with Crippen molar-refractivity contribution in [1.29, 1.82) is 0 Å². The van der Waals surface area contributed by atoms with Gasteiger partial charge in [-0.2, -0.15) is 0 Å². The van der Waals surface area contributed by atoms with Gasteiger partial charge in [-0.3, -0.25) is 4.79 Å². The van der Waals surface area contributed by atoms with Gasteiger partial charge in [-0.25, -0.2) is 0 Å². The van der Waals surface area contributed by atoms with Crippen LogP contribution in [0.4, 0.5) is 0 Å². The third kappa shape index (κ3) is 6.95. The van der Waals surface area contributed by atoms with Gasteiger partial charge in [0, 0.05) is 23.2 Å². The fourth-order valence-corrected chi connectivity index (χ4v) is 3.10. The lowest BCUT2D eigenvalue weighted by Gasteiger charge is -2.26. The zero-order valence-corrected chi connectivity index (χ0v) is 13.3. The molecule has 1 heterocycles. The van der Waals surface area contributed by atoms with Crippen molar-refractivity contribution in [1.82, 2.24) is 5.32 Å². The molecule has 0 spiro atoms. The summed E-state index contributed by atoms with van der Waals surface area (Å²) in [4.78, 5) is 12.9. The molecule has 0 radical (unpaired) electrons. The van der Waals surface area contributed by atoms with Gasteiger partial charge < -0.3 is 10.4 Å². The first-order chi connectivity index (χ1) is 8.78. The minimum Gasteiger partial charge on any atom is -0.393 e. The van der Waals surface area contributed by atoms with Crippen LogP contribution in [0.25, 0.3) is 0 Å². The van der Waals surface area contributed by atoms with Crippen LogP contribution in [0.3, 0.4) is 0 Å². The first kappa shape index (κ1) is 16.5. The van der Waals surface area contributed by atoms with Crippen molar-refractivity contribution >= 4 is 28.8 Å². The average Bonchev–Trinajstić information content (AvgIpc) is 2.68. The molecule has 19 heavy (non-hydrogen) atoms. The number of nitrogens with one attached hydrogen (secondary N) is 1. The van der Waals surface area contributed by atoms with Gasteiger partial charge in [-0.15, -0.1) is 11.3 Å². The number of aryl methyl sites for hydroxylation is 1. The second kappa shape index (κ2) is 7.27. The molecule has 1 aromatic rings. The number of halogens is 1. The zero-order valence-electron chi connectivity index (χ0n) is 11.7. The van der Waals surface area contributed by atoms with Crippen molar-refractivity contribution in [2.75, 3.05) is 6.54 Å². The molecule has 0 saturated carbocycles. The Balaban J connectivity index is 2.28. The van der Waals surface area contributed by atoms with E-state index in [1.54, 1.807) is 18.3 Å². The second-order valence-corrected chi connectivity index (χ2v) is 7.16. The molecular formula is C14H22ClNO2S. The lowest BCUT2D eigenvalue weighted by atomic mass is 9.87.